The predicted molar refractivity (Wildman–Crippen MR) is 244 cm³/mol. The second kappa shape index (κ2) is 24.2. The van der Waals surface area contributed by atoms with Crippen molar-refractivity contribution in [3.63, 3.8) is 0 Å². The van der Waals surface area contributed by atoms with Crippen molar-refractivity contribution in [2.24, 2.45) is 0 Å². The smallest absolute Gasteiger partial charge is 0.259 e. The van der Waals surface area contributed by atoms with Gasteiger partial charge in [0.15, 0.2) is 23.2 Å². The molecule has 0 spiro atoms. The number of ether oxygens (including phenoxy) is 7. The van der Waals surface area contributed by atoms with E-state index in [1.54, 1.807) is 25.1 Å². The first-order valence-electron chi connectivity index (χ1n) is 21.5. The molecule has 2 aromatic heterocycles. The molecule has 2 unspecified atom stereocenters. The fourth-order valence-electron chi connectivity index (χ4n) is 7.74. The fraction of sp³-hybridized carbons (Fsp3) is 0.447. The van der Waals surface area contributed by atoms with E-state index in [9.17, 15) is 10.1 Å². The fourth-order valence-corrected chi connectivity index (χ4v) is 9.51. The first-order valence-corrected chi connectivity index (χ1v) is 22.7. The Bertz CT molecular complexity index is 2320. The minimum absolute atomic E-state index is 0.0309. The van der Waals surface area contributed by atoms with Crippen molar-refractivity contribution in [1.29, 1.82) is 10.5 Å². The lowest BCUT2D eigenvalue weighted by Gasteiger charge is -2.39. The molecule has 66 heavy (non-hydrogen) atoms. The number of nitrogens with zero attached hydrogens (tertiary/aromatic N) is 7. The summed E-state index contributed by atoms with van der Waals surface area (Å²) in [5.74, 6) is 1.23. The van der Waals surface area contributed by atoms with Gasteiger partial charge in [-0.3, -0.25) is 9.36 Å². The van der Waals surface area contributed by atoms with Gasteiger partial charge in [0.25, 0.3) is 8.53 Å². The molecule has 0 saturated carbocycles. The van der Waals surface area contributed by atoms with Crippen LogP contribution in [0.5, 0.6) is 11.5 Å². The average molecular weight is 925 g/mol. The molecule has 6 rings (SSSR count). The Morgan fingerprint density at radius 3 is 2.05 bits per heavy atom. The molecule has 0 radical (unpaired) electrons. The SMILES string of the molecule is COc1ccc(C(OC[C@H]2O[C@@H](n3cnc4c(NC(C)=O)ncnc43)C(OCOCOCCC#N)[C@H]2OP(OCCC#N)N(C(C)C)C(C)C)(c2ccccc2)c2ccc(OC)cc2)cc1. The number of benzene rings is 3. The van der Waals surface area contributed by atoms with Crippen LogP contribution < -0.4 is 14.8 Å². The zero-order chi connectivity index (χ0) is 47.1. The van der Waals surface area contributed by atoms with Gasteiger partial charge in [-0.15, -0.1) is 0 Å². The highest BCUT2D eigenvalue weighted by molar-refractivity contribution is 7.44. The van der Waals surface area contributed by atoms with Crippen molar-refractivity contribution in [2.75, 3.05) is 52.9 Å². The Hall–Kier alpha value is -5.63. The first kappa shape index (κ1) is 49.8. The van der Waals surface area contributed by atoms with Gasteiger partial charge in [-0.2, -0.15) is 10.5 Å². The molecule has 1 amide bonds. The molecule has 5 atom stereocenters. The van der Waals surface area contributed by atoms with Gasteiger partial charge in [-0.1, -0.05) is 54.6 Å². The van der Waals surface area contributed by atoms with Crippen LogP contribution in [0.1, 0.15) is 70.4 Å². The summed E-state index contributed by atoms with van der Waals surface area (Å²) in [4.78, 5) is 25.6. The molecule has 0 aliphatic carbocycles. The second-order valence-corrected chi connectivity index (χ2v) is 17.0. The van der Waals surface area contributed by atoms with E-state index in [-0.39, 0.29) is 70.1 Å². The number of carbonyl (C=O) groups is 1. The monoisotopic (exact) mass is 924 g/mol. The average Bonchev–Trinajstić information content (AvgIpc) is 3.90. The van der Waals surface area contributed by atoms with Gasteiger partial charge in [-0.05, 0) is 68.7 Å². The molecule has 1 fully saturated rings. The number of carbonyl (C=O) groups excluding carboxylic acids is 1. The molecule has 3 heterocycles. The number of methoxy groups -OCH3 is 2. The largest absolute Gasteiger partial charge is 0.497 e. The van der Waals surface area contributed by atoms with Crippen LogP contribution in [-0.2, 0) is 43.1 Å². The van der Waals surface area contributed by atoms with Crippen molar-refractivity contribution in [1.82, 2.24) is 24.2 Å². The lowest BCUT2D eigenvalue weighted by molar-refractivity contribution is -0.173. The number of aromatic nitrogens is 4. The lowest BCUT2D eigenvalue weighted by atomic mass is 9.80. The highest BCUT2D eigenvalue weighted by Crippen LogP contribution is 2.51. The van der Waals surface area contributed by atoms with E-state index in [1.165, 1.54) is 13.3 Å². The van der Waals surface area contributed by atoms with Crippen LogP contribution in [-0.4, -0.2) is 108 Å². The standard InChI is InChI=1S/C47H57N8O10P/c1-32(2)55(33(3)4)66(63-26-12-24-49)65-42-40(27-62-47(35-13-9-8-10-14-35,36-15-19-38(57-6)20-16-36)37-17-21-39(58-7)22-18-37)64-46(43(42)61-31-60-30-59-25-11-23-48)54-29-52-41-44(53-34(5)56)50-28-51-45(41)54/h8-10,13-22,28-29,32-33,40,42-43,46H,11-12,25-27,30-31H2,1-7H3,(H,50,51,53,56)/t40-,42+,43?,46-,66?/m1/s1. The summed E-state index contributed by atoms with van der Waals surface area (Å²) in [6.07, 6.45) is -0.529. The zero-order valence-electron chi connectivity index (χ0n) is 38.2. The summed E-state index contributed by atoms with van der Waals surface area (Å²) in [5.41, 5.74) is 1.89. The number of imidazole rings is 1. The molecular weight excluding hydrogens is 868 g/mol. The third-order valence-corrected chi connectivity index (χ3v) is 12.7. The topological polar surface area (TPSA) is 207 Å². The Morgan fingerprint density at radius 2 is 1.45 bits per heavy atom. The van der Waals surface area contributed by atoms with Crippen LogP contribution in [0.15, 0.2) is 91.5 Å². The zero-order valence-corrected chi connectivity index (χ0v) is 39.1. The van der Waals surface area contributed by atoms with Crippen molar-refractivity contribution < 1.29 is 47.0 Å². The van der Waals surface area contributed by atoms with Crippen LogP contribution in [0.25, 0.3) is 11.2 Å². The number of anilines is 1. The summed E-state index contributed by atoms with van der Waals surface area (Å²) in [5, 5.41) is 21.3. The number of amides is 1. The van der Waals surface area contributed by atoms with E-state index in [1.807, 2.05) is 84.9 Å². The molecule has 1 saturated heterocycles. The van der Waals surface area contributed by atoms with Crippen LogP contribution >= 0.6 is 8.53 Å². The molecule has 5 aromatic rings. The first-order chi connectivity index (χ1) is 32.1. The van der Waals surface area contributed by atoms with Crippen LogP contribution in [0.2, 0.25) is 0 Å². The second-order valence-electron chi connectivity index (χ2n) is 15.6. The number of nitrogens with one attached hydrogen (secondary N) is 1. The molecule has 19 heteroatoms. The maximum atomic E-state index is 12.2. The molecule has 0 bridgehead atoms. The highest BCUT2D eigenvalue weighted by Gasteiger charge is 2.52. The summed E-state index contributed by atoms with van der Waals surface area (Å²) >= 11 is 0. The molecule has 350 valence electrons. The van der Waals surface area contributed by atoms with E-state index >= 15 is 0 Å². The number of nitriles is 2. The predicted octanol–water partition coefficient (Wildman–Crippen LogP) is 7.62. The van der Waals surface area contributed by atoms with Gasteiger partial charge >= 0.3 is 0 Å². The van der Waals surface area contributed by atoms with Gasteiger partial charge in [0.1, 0.15) is 55.3 Å². The van der Waals surface area contributed by atoms with Gasteiger partial charge in [0.05, 0.1) is 65.3 Å². The van der Waals surface area contributed by atoms with E-state index in [0.717, 1.165) is 16.7 Å². The van der Waals surface area contributed by atoms with Gasteiger partial charge in [0, 0.05) is 19.0 Å². The maximum Gasteiger partial charge on any atom is 0.259 e. The van der Waals surface area contributed by atoms with Crippen molar-refractivity contribution in [3.8, 4) is 23.6 Å². The molecule has 3 aromatic carbocycles. The number of hydrogen-bond donors (Lipinski definition) is 1. The van der Waals surface area contributed by atoms with Gasteiger partial charge < -0.3 is 47.5 Å². The Morgan fingerprint density at radius 1 is 0.833 bits per heavy atom. The van der Waals surface area contributed by atoms with Crippen LogP contribution in [0, 0.1) is 22.7 Å². The normalized spacial score (nSPS) is 17.8. The van der Waals surface area contributed by atoms with E-state index in [4.69, 9.17) is 47.5 Å². The molecular formula is C47H57N8O10P. The molecule has 1 aliphatic rings. The van der Waals surface area contributed by atoms with E-state index in [0.29, 0.717) is 22.7 Å². The van der Waals surface area contributed by atoms with Crippen molar-refractivity contribution >= 4 is 31.4 Å². The third-order valence-electron chi connectivity index (χ3n) is 10.6. The van der Waals surface area contributed by atoms with Crippen LogP contribution in [0.4, 0.5) is 5.82 Å². The van der Waals surface area contributed by atoms with E-state index in [2.05, 4.69) is 58.7 Å². The molecule has 18 nitrogen and oxygen atoms in total. The Kier molecular flexibility index (Phi) is 18.3. The lowest BCUT2D eigenvalue weighted by Crippen LogP contribution is -2.43. The molecule has 1 N–H and O–H groups in total. The van der Waals surface area contributed by atoms with Crippen molar-refractivity contribution in [3.05, 3.63) is 108 Å². The Balaban J connectivity index is 1.50. The summed E-state index contributed by atoms with van der Waals surface area (Å²) in [6.45, 7) is 9.42. The highest BCUT2D eigenvalue weighted by atomic mass is 31.2. The van der Waals surface area contributed by atoms with Crippen molar-refractivity contribution in [2.45, 2.75) is 89.7 Å². The number of hydrogen-bond acceptors (Lipinski definition) is 16. The molecule has 1 aliphatic heterocycles. The van der Waals surface area contributed by atoms with Crippen LogP contribution in [0.3, 0.4) is 0 Å². The number of rotatable bonds is 25. The minimum Gasteiger partial charge on any atom is -0.497 e. The maximum absolute atomic E-state index is 12.2. The van der Waals surface area contributed by atoms with Gasteiger partial charge in [0.2, 0.25) is 5.91 Å². The van der Waals surface area contributed by atoms with Gasteiger partial charge in [-0.25, -0.2) is 19.6 Å². The Labute approximate surface area is 386 Å². The summed E-state index contributed by atoms with van der Waals surface area (Å²) in [6, 6.07) is 29.5. The third kappa shape index (κ3) is 11.8. The quantitative estimate of drug-likeness (QED) is 0.0259. The summed E-state index contributed by atoms with van der Waals surface area (Å²) in [7, 11) is 1.37. The number of fused-ring (bicyclic) bond motifs is 1. The summed E-state index contributed by atoms with van der Waals surface area (Å²) < 4.78 is 61.0. The minimum atomic E-state index is -1.87. The van der Waals surface area contributed by atoms with E-state index < -0.39 is 38.7 Å².